The van der Waals surface area contributed by atoms with Gasteiger partial charge in [-0.1, -0.05) is 23.8 Å². The molecule has 118 valence electrons. The van der Waals surface area contributed by atoms with Crippen LogP contribution in [0.1, 0.15) is 29.5 Å². The molecule has 0 unspecified atom stereocenters. The number of rotatable bonds is 3. The zero-order valence-corrected chi connectivity index (χ0v) is 13.1. The lowest BCUT2D eigenvalue weighted by atomic mass is 10.0. The molecule has 1 fully saturated rings. The van der Waals surface area contributed by atoms with Gasteiger partial charge in [-0.15, -0.1) is 0 Å². The van der Waals surface area contributed by atoms with Gasteiger partial charge in [-0.3, -0.25) is 4.79 Å². The number of piperidine rings is 1. The van der Waals surface area contributed by atoms with Gasteiger partial charge in [-0.25, -0.2) is 4.79 Å². The van der Waals surface area contributed by atoms with Crippen LogP contribution in [0.5, 0.6) is 0 Å². The topological polar surface area (TPSA) is 75.4 Å². The van der Waals surface area contributed by atoms with Crippen LogP contribution in [0.4, 0.5) is 4.79 Å². The van der Waals surface area contributed by atoms with Gasteiger partial charge in [0, 0.05) is 25.2 Å². The first-order chi connectivity index (χ1) is 10.5. The second kappa shape index (κ2) is 7.11. The van der Waals surface area contributed by atoms with E-state index in [0.29, 0.717) is 13.1 Å². The zero-order valence-electron chi connectivity index (χ0n) is 13.1. The van der Waals surface area contributed by atoms with E-state index in [4.69, 9.17) is 5.73 Å². The molecule has 5 heteroatoms. The number of hydrogen-bond acceptors (Lipinski definition) is 2. The van der Waals surface area contributed by atoms with Crippen LogP contribution in [0.2, 0.25) is 0 Å². The average molecular weight is 301 g/mol. The monoisotopic (exact) mass is 301 g/mol. The Balaban J connectivity index is 1.85. The van der Waals surface area contributed by atoms with E-state index >= 15 is 0 Å². The van der Waals surface area contributed by atoms with Crippen LogP contribution in [0.15, 0.2) is 24.3 Å². The van der Waals surface area contributed by atoms with Crippen LogP contribution in [0.25, 0.3) is 6.08 Å². The summed E-state index contributed by atoms with van der Waals surface area (Å²) in [5.74, 6) is -0.0995. The highest BCUT2D eigenvalue weighted by molar-refractivity contribution is 5.92. The quantitative estimate of drug-likeness (QED) is 0.838. The molecule has 5 nitrogen and oxygen atoms in total. The molecule has 0 aliphatic carbocycles. The molecule has 0 saturated carbocycles. The second-order valence-electron chi connectivity index (χ2n) is 5.80. The maximum atomic E-state index is 12.0. The summed E-state index contributed by atoms with van der Waals surface area (Å²) in [6.45, 7) is 5.28. The summed E-state index contributed by atoms with van der Waals surface area (Å²) in [4.78, 5) is 24.6. The van der Waals surface area contributed by atoms with E-state index in [1.54, 1.807) is 11.0 Å². The van der Waals surface area contributed by atoms with E-state index < -0.39 is 0 Å². The SMILES string of the molecule is Cc1ccc(/C=C/C(=O)NC2CCN(C(N)=O)CC2)c(C)c1. The number of amides is 3. The predicted octanol–water partition coefficient (Wildman–Crippen LogP) is 1.98. The van der Waals surface area contributed by atoms with Crippen LogP contribution in [-0.2, 0) is 4.79 Å². The standard InChI is InChI=1S/C17H23N3O2/c1-12-3-4-14(13(2)11-12)5-6-16(21)19-15-7-9-20(10-8-15)17(18)22/h3-6,11,15H,7-10H2,1-2H3,(H2,18,22)(H,19,21)/b6-5+. The number of nitrogens with one attached hydrogen (secondary N) is 1. The summed E-state index contributed by atoms with van der Waals surface area (Å²) in [5.41, 5.74) is 8.65. The first kappa shape index (κ1) is 16.1. The molecule has 3 N–H and O–H groups in total. The number of carbonyl (C=O) groups excluding carboxylic acids is 2. The Morgan fingerprint density at radius 3 is 2.55 bits per heavy atom. The fourth-order valence-electron chi connectivity index (χ4n) is 2.67. The molecule has 0 atom stereocenters. The number of carbonyl (C=O) groups is 2. The predicted molar refractivity (Wildman–Crippen MR) is 87.3 cm³/mol. The lowest BCUT2D eigenvalue weighted by molar-refractivity contribution is -0.117. The molecule has 1 aliphatic heterocycles. The number of urea groups is 1. The van der Waals surface area contributed by atoms with Gasteiger partial charge in [0.15, 0.2) is 0 Å². The van der Waals surface area contributed by atoms with Gasteiger partial charge >= 0.3 is 6.03 Å². The van der Waals surface area contributed by atoms with Crippen LogP contribution in [0, 0.1) is 13.8 Å². The summed E-state index contributed by atoms with van der Waals surface area (Å²) in [6.07, 6.45) is 4.89. The largest absolute Gasteiger partial charge is 0.351 e. The molecule has 1 aromatic carbocycles. The van der Waals surface area contributed by atoms with E-state index in [-0.39, 0.29) is 18.0 Å². The van der Waals surface area contributed by atoms with Crippen molar-refractivity contribution < 1.29 is 9.59 Å². The molecule has 2 rings (SSSR count). The van der Waals surface area contributed by atoms with E-state index in [0.717, 1.165) is 24.0 Å². The van der Waals surface area contributed by atoms with Crippen molar-refractivity contribution in [1.29, 1.82) is 0 Å². The van der Waals surface area contributed by atoms with Gasteiger partial charge in [-0.05, 0) is 43.9 Å². The van der Waals surface area contributed by atoms with Gasteiger partial charge in [0.2, 0.25) is 5.91 Å². The smallest absolute Gasteiger partial charge is 0.314 e. The molecule has 1 aliphatic rings. The maximum absolute atomic E-state index is 12.0. The number of likely N-dealkylation sites (tertiary alicyclic amines) is 1. The molecular weight excluding hydrogens is 278 g/mol. The maximum Gasteiger partial charge on any atom is 0.314 e. The minimum Gasteiger partial charge on any atom is -0.351 e. The van der Waals surface area contributed by atoms with Crippen molar-refractivity contribution in [1.82, 2.24) is 10.2 Å². The highest BCUT2D eigenvalue weighted by atomic mass is 16.2. The third kappa shape index (κ3) is 4.35. The van der Waals surface area contributed by atoms with Crippen molar-refractivity contribution >= 4 is 18.0 Å². The summed E-state index contributed by atoms with van der Waals surface area (Å²) in [7, 11) is 0. The van der Waals surface area contributed by atoms with Gasteiger partial charge < -0.3 is 16.0 Å². The van der Waals surface area contributed by atoms with Gasteiger partial charge in [0.1, 0.15) is 0 Å². The normalized spacial score (nSPS) is 16.0. The fourth-order valence-corrected chi connectivity index (χ4v) is 2.67. The molecule has 0 aromatic heterocycles. The minimum absolute atomic E-state index is 0.0995. The molecule has 0 bridgehead atoms. The van der Waals surface area contributed by atoms with Crippen molar-refractivity contribution in [3.63, 3.8) is 0 Å². The third-order valence-corrected chi connectivity index (χ3v) is 3.99. The van der Waals surface area contributed by atoms with E-state index in [2.05, 4.69) is 11.4 Å². The first-order valence-electron chi connectivity index (χ1n) is 7.56. The number of nitrogens with two attached hydrogens (primary N) is 1. The van der Waals surface area contributed by atoms with Crippen molar-refractivity contribution in [2.75, 3.05) is 13.1 Å². The van der Waals surface area contributed by atoms with E-state index in [9.17, 15) is 9.59 Å². The van der Waals surface area contributed by atoms with Crippen LogP contribution in [-0.4, -0.2) is 36.0 Å². The Morgan fingerprint density at radius 2 is 1.95 bits per heavy atom. The molecule has 1 aromatic rings. The Bertz CT molecular complexity index is 588. The first-order valence-corrected chi connectivity index (χ1v) is 7.56. The number of benzene rings is 1. The van der Waals surface area contributed by atoms with Gasteiger partial charge in [0.05, 0.1) is 0 Å². The Labute approximate surface area is 131 Å². The summed E-state index contributed by atoms with van der Waals surface area (Å²) in [5, 5.41) is 2.97. The van der Waals surface area contributed by atoms with Crippen molar-refractivity contribution in [3.05, 3.63) is 41.0 Å². The lowest BCUT2D eigenvalue weighted by Crippen LogP contribution is -2.47. The van der Waals surface area contributed by atoms with Crippen molar-refractivity contribution in [2.45, 2.75) is 32.7 Å². The molecule has 0 spiro atoms. The highest BCUT2D eigenvalue weighted by Gasteiger charge is 2.21. The van der Waals surface area contributed by atoms with Crippen LogP contribution < -0.4 is 11.1 Å². The van der Waals surface area contributed by atoms with Gasteiger partial charge in [0.25, 0.3) is 0 Å². The Kier molecular flexibility index (Phi) is 5.20. The van der Waals surface area contributed by atoms with Crippen LogP contribution in [0.3, 0.4) is 0 Å². The Morgan fingerprint density at radius 1 is 1.27 bits per heavy atom. The molecule has 1 heterocycles. The summed E-state index contributed by atoms with van der Waals surface area (Å²) >= 11 is 0. The van der Waals surface area contributed by atoms with Crippen molar-refractivity contribution in [2.24, 2.45) is 5.73 Å². The van der Waals surface area contributed by atoms with E-state index in [1.807, 2.05) is 32.1 Å². The summed E-state index contributed by atoms with van der Waals surface area (Å²) < 4.78 is 0. The highest BCUT2D eigenvalue weighted by Crippen LogP contribution is 2.13. The molecular formula is C17H23N3O2. The molecule has 22 heavy (non-hydrogen) atoms. The average Bonchev–Trinajstić information content (AvgIpc) is 2.47. The second-order valence-corrected chi connectivity index (χ2v) is 5.80. The summed E-state index contributed by atoms with van der Waals surface area (Å²) in [6, 6.07) is 5.85. The van der Waals surface area contributed by atoms with Crippen molar-refractivity contribution in [3.8, 4) is 0 Å². The number of aryl methyl sites for hydroxylation is 2. The Hall–Kier alpha value is -2.30. The number of nitrogens with zero attached hydrogens (tertiary/aromatic N) is 1. The molecule has 0 radical (unpaired) electrons. The lowest BCUT2D eigenvalue weighted by Gasteiger charge is -2.30. The van der Waals surface area contributed by atoms with Gasteiger partial charge in [-0.2, -0.15) is 0 Å². The molecule has 3 amide bonds. The number of hydrogen-bond donors (Lipinski definition) is 2. The fraction of sp³-hybridized carbons (Fsp3) is 0.412. The number of primary amides is 1. The van der Waals surface area contributed by atoms with E-state index in [1.165, 1.54) is 5.56 Å². The minimum atomic E-state index is -0.389. The molecule has 1 saturated heterocycles. The third-order valence-electron chi connectivity index (χ3n) is 3.99. The van der Waals surface area contributed by atoms with Crippen LogP contribution >= 0.6 is 0 Å². The zero-order chi connectivity index (χ0) is 16.1.